The molecule has 0 aliphatic carbocycles. The summed E-state index contributed by atoms with van der Waals surface area (Å²) in [4.78, 5) is 26.9. The number of hydrogen-bond donors (Lipinski definition) is 0. The molecule has 4 aromatic heterocycles. The summed E-state index contributed by atoms with van der Waals surface area (Å²) in [6, 6.07) is 14.2. The van der Waals surface area contributed by atoms with Crippen LogP contribution in [0.25, 0.3) is 24.3 Å². The van der Waals surface area contributed by atoms with Crippen LogP contribution in [0.3, 0.4) is 0 Å². The van der Waals surface area contributed by atoms with Crippen LogP contribution >= 0.6 is 0 Å². The molecule has 494 valence electrons. The number of ketones is 2. The van der Waals surface area contributed by atoms with Crippen molar-refractivity contribution < 1.29 is 34.2 Å². The highest BCUT2D eigenvalue weighted by molar-refractivity contribution is 6.24. The van der Waals surface area contributed by atoms with Gasteiger partial charge in [0.1, 0.15) is 46.1 Å². The molecule has 4 rings (SSSR count). The number of carbonyl (C=O) groups excluding carboxylic acids is 2. The molecule has 0 bridgehead atoms. The molecule has 2 unspecified atom stereocenters. The minimum atomic E-state index is -0.400. The maximum absolute atomic E-state index is 13.4. The van der Waals surface area contributed by atoms with Crippen LogP contribution in [0.2, 0.25) is 0 Å². The first-order valence-electron chi connectivity index (χ1n) is 33.5. The van der Waals surface area contributed by atoms with E-state index in [9.17, 15) is 9.59 Å². The van der Waals surface area contributed by atoms with Gasteiger partial charge in [0.15, 0.2) is 11.6 Å². The molecule has 0 amide bonds. The number of allylic oxidation sites excluding steroid dienone is 4. The van der Waals surface area contributed by atoms with Gasteiger partial charge in [0.05, 0.1) is 0 Å². The highest BCUT2D eigenvalue weighted by atomic mass is 16.3. The summed E-state index contributed by atoms with van der Waals surface area (Å²) in [6.07, 6.45) is 54.0. The lowest BCUT2D eigenvalue weighted by atomic mass is 9.78. The van der Waals surface area contributed by atoms with E-state index in [-0.39, 0.29) is 18.0 Å². The molecule has 0 spiro atoms. The first kappa shape index (κ1) is 83.8. The Morgan fingerprint density at radius 1 is 0.330 bits per heavy atom. The van der Waals surface area contributed by atoms with Gasteiger partial charge in [-0.3, -0.25) is 9.59 Å². The number of aryl methyl sites for hydroxylation is 4. The van der Waals surface area contributed by atoms with Gasteiger partial charge in [-0.15, -0.1) is 12.8 Å². The van der Waals surface area contributed by atoms with Crippen LogP contribution in [0.4, 0.5) is 0 Å². The van der Waals surface area contributed by atoms with Gasteiger partial charge >= 0.3 is 1.43 Å². The Labute approximate surface area is 584 Å². The zero-order valence-corrected chi connectivity index (χ0v) is 58.3. The highest BCUT2D eigenvalue weighted by Gasteiger charge is 2.22. The molecule has 7 nitrogen and oxygen atoms in total. The van der Waals surface area contributed by atoms with Gasteiger partial charge in [0.2, 0.25) is 0 Å². The molecule has 2 atom stereocenters. The van der Waals surface area contributed by atoms with E-state index in [1.165, 1.54) is 166 Å². The summed E-state index contributed by atoms with van der Waals surface area (Å²) in [5.41, 5.74) is 0.284. The van der Waals surface area contributed by atoms with Gasteiger partial charge in [-0.25, -0.2) is 0 Å². The standard InChI is InChI=1S/C30H26O6.C30H62.C30H2.H2O/c1-19-5-9-23(33-19)13-15-29(31)27(17-25-11-7-21(3)35-25)28(18-26-12-8-22(4)36-26)30(32)16-14-24-10-6-20(2)34-24;1-5-9-13-17-19-23-27-29(25-21-15-11-7-3)30(26-22-16-12-8-4)28-24-20-18-14-10-6-2;1-3-5-7-9-11-13-15-17-19-21-23-25-27-29-30-28-26-24-22-20-18-16-14-12-10-8-6-4-2;/h5-18H,1-4H3;29-30H,5-28H2,1-4H3;1-2H;1H2/p+1/b15-13+,16-14+,27-17-,28-18-;;;. The van der Waals surface area contributed by atoms with E-state index in [1.54, 1.807) is 74.5 Å². The largest absolute Gasteiger partial charge is 1.00 e. The molecule has 0 radical (unpaired) electrons. The highest BCUT2D eigenvalue weighted by Crippen LogP contribution is 2.34. The van der Waals surface area contributed by atoms with Crippen LogP contribution in [-0.4, -0.2) is 17.0 Å². The summed E-state index contributed by atoms with van der Waals surface area (Å²) < 4.78 is 22.4. The van der Waals surface area contributed by atoms with Crippen molar-refractivity contribution >= 4 is 35.9 Å². The first-order valence-corrected chi connectivity index (χ1v) is 33.5. The van der Waals surface area contributed by atoms with Crippen molar-refractivity contribution in [3.63, 3.8) is 0 Å². The zero-order chi connectivity index (χ0) is 69.6. The smallest absolute Gasteiger partial charge is 0.462 e. The lowest BCUT2D eigenvalue weighted by Crippen LogP contribution is -2.16. The molecule has 0 saturated carbocycles. The van der Waals surface area contributed by atoms with Crippen molar-refractivity contribution in [1.29, 1.82) is 0 Å². The van der Waals surface area contributed by atoms with Crippen LogP contribution in [0.15, 0.2) is 89.5 Å². The third kappa shape index (κ3) is 44.9. The molecule has 0 saturated heterocycles. The number of hydrogen-bond acceptors (Lipinski definition) is 6. The molecule has 0 aliphatic heterocycles. The number of terminal acetylenes is 2. The monoisotopic (exact) mass is 1290 g/mol. The third-order valence-electron chi connectivity index (χ3n) is 14.3. The minimum Gasteiger partial charge on any atom is -0.462 e. The van der Waals surface area contributed by atoms with E-state index in [2.05, 4.69) is 193 Å². The lowest BCUT2D eigenvalue weighted by Gasteiger charge is -2.28. The van der Waals surface area contributed by atoms with Crippen LogP contribution in [0.1, 0.15) is 229 Å². The molecular formula is C90H93O7+. The first-order chi connectivity index (χ1) is 47.0. The summed E-state index contributed by atoms with van der Waals surface area (Å²) in [5, 5.41) is 0. The second-order valence-electron chi connectivity index (χ2n) is 22.2. The van der Waals surface area contributed by atoms with E-state index < -0.39 is 11.6 Å². The predicted molar refractivity (Wildman–Crippen MR) is 402 cm³/mol. The van der Waals surface area contributed by atoms with E-state index in [4.69, 9.17) is 30.5 Å². The predicted octanol–water partition coefficient (Wildman–Crippen LogP) is 18.6. The van der Waals surface area contributed by atoms with E-state index >= 15 is 0 Å². The Kier molecular flexibility index (Phi) is 50.6. The van der Waals surface area contributed by atoms with Gasteiger partial charge in [-0.2, -0.15) is 0 Å². The van der Waals surface area contributed by atoms with E-state index in [1.807, 2.05) is 26.0 Å². The van der Waals surface area contributed by atoms with Crippen molar-refractivity contribution in [2.24, 2.45) is 11.8 Å². The minimum absolute atomic E-state index is 0. The molecule has 2 N–H and O–H groups in total. The normalized spacial score (nSPS) is 10.1. The molecule has 0 fully saturated rings. The second-order valence-corrected chi connectivity index (χ2v) is 22.2. The number of furan rings is 4. The molecule has 4 heterocycles. The Hall–Kier alpha value is -11.2. The van der Waals surface area contributed by atoms with E-state index in [0.717, 1.165) is 23.4 Å². The summed E-state index contributed by atoms with van der Waals surface area (Å²) in [6.45, 7) is 16.6. The van der Waals surface area contributed by atoms with Crippen molar-refractivity contribution in [2.45, 2.75) is 209 Å². The number of unbranched alkanes of at least 4 members (excludes halogenated alkanes) is 16. The Morgan fingerprint density at radius 2 is 0.536 bits per heavy atom. The third-order valence-corrected chi connectivity index (χ3v) is 14.3. The second kappa shape index (κ2) is 58.6. The van der Waals surface area contributed by atoms with Crippen molar-refractivity contribution in [2.75, 3.05) is 0 Å². The average Bonchev–Trinajstić information content (AvgIpc) is 1.46. The van der Waals surface area contributed by atoms with Gasteiger partial charge in [-0.05, 0) is 219 Å². The molecular weight excluding hydrogens is 1190 g/mol. The average molecular weight is 1290 g/mol. The Bertz CT molecular complexity index is 3910. The molecule has 4 aromatic rings. The fraction of sp³-hybridized carbons (Fsp3) is 0.378. The summed E-state index contributed by atoms with van der Waals surface area (Å²) in [5.74, 6) is 74.2. The Balaban J connectivity index is 0.00000144. The lowest BCUT2D eigenvalue weighted by molar-refractivity contribution is -0.113. The van der Waals surface area contributed by atoms with Gasteiger partial charge < -0.3 is 23.1 Å². The van der Waals surface area contributed by atoms with E-state index in [0.29, 0.717) is 34.6 Å². The van der Waals surface area contributed by atoms with Gasteiger partial charge in [-0.1, -0.05) is 182 Å². The maximum atomic E-state index is 13.4. The topological polar surface area (TPSA) is 118 Å². The number of carbonyl (C=O) groups is 2. The van der Waals surface area contributed by atoms with Crippen LogP contribution in [0.5, 0.6) is 0 Å². The quantitative estimate of drug-likeness (QED) is 0.0199. The summed E-state index contributed by atoms with van der Waals surface area (Å²) in [7, 11) is 0. The van der Waals surface area contributed by atoms with Crippen molar-refractivity contribution in [3.8, 4) is 179 Å². The fourth-order valence-electron chi connectivity index (χ4n) is 9.58. The molecule has 0 aromatic carbocycles. The zero-order valence-electron chi connectivity index (χ0n) is 59.3. The Morgan fingerprint density at radius 3 is 0.753 bits per heavy atom. The van der Waals surface area contributed by atoms with Gasteiger partial charge in [0, 0.05) is 82.2 Å². The number of rotatable bonds is 34. The molecule has 97 heavy (non-hydrogen) atoms. The summed E-state index contributed by atoms with van der Waals surface area (Å²) >= 11 is 0. The van der Waals surface area contributed by atoms with Crippen LogP contribution in [0, 0.1) is 218 Å². The molecule has 7 heteroatoms. The van der Waals surface area contributed by atoms with Gasteiger partial charge in [0.25, 0.3) is 0 Å². The van der Waals surface area contributed by atoms with Crippen LogP contribution < -0.4 is 0 Å². The van der Waals surface area contributed by atoms with Crippen molar-refractivity contribution in [1.82, 2.24) is 0 Å². The fourth-order valence-corrected chi connectivity index (χ4v) is 9.58. The maximum Gasteiger partial charge on any atom is 1.00 e. The van der Waals surface area contributed by atoms with Crippen molar-refractivity contribution in [3.05, 3.63) is 118 Å². The molecule has 0 aliphatic rings. The van der Waals surface area contributed by atoms with Crippen LogP contribution in [-0.2, 0) is 9.59 Å². The SMILES string of the molecule is C#CC#CC#CC#CC#CC#CC#CC#CC#CC#CC#CC#CC#CC#CC#C.CCCCCCCCC(CCCCCC)C(CCCCCC)CCCCCCCC.Cc1ccc(/C=C(C(=O)/C=C/c2ccc(C)o2)/C(=C/c2ccc(C)o2)C(=O)/C=C/c2ccc(C)o2)o1.O.[H+].